The van der Waals surface area contributed by atoms with Crippen molar-refractivity contribution in [2.24, 2.45) is 0 Å². The van der Waals surface area contributed by atoms with E-state index in [0.29, 0.717) is 18.2 Å². The molecule has 0 aliphatic heterocycles. The molecule has 0 nitrogen and oxygen atoms in total. The lowest BCUT2D eigenvalue weighted by Gasteiger charge is -2.14. The summed E-state index contributed by atoms with van der Waals surface area (Å²) < 4.78 is 76.0. The molecule has 1 radical (unpaired) electrons. The highest BCUT2D eigenvalue weighted by Gasteiger charge is 2.37. The summed E-state index contributed by atoms with van der Waals surface area (Å²) in [4.78, 5) is 0.0958. The maximum Gasteiger partial charge on any atom is 0.417 e. The van der Waals surface area contributed by atoms with Gasteiger partial charge < -0.3 is 0 Å². The third-order valence-corrected chi connectivity index (χ3v) is 3.22. The van der Waals surface area contributed by atoms with Crippen LogP contribution in [0.4, 0.5) is 26.3 Å². The van der Waals surface area contributed by atoms with E-state index in [-0.39, 0.29) is 4.88 Å². The Bertz CT molecular complexity index is 565. The van der Waals surface area contributed by atoms with E-state index in [0.717, 1.165) is 11.3 Å². The van der Waals surface area contributed by atoms with E-state index in [2.05, 4.69) is 5.38 Å². The average Bonchev–Trinajstić information content (AvgIpc) is 2.79. The Morgan fingerprint density at radius 3 is 2.05 bits per heavy atom. The normalized spacial score (nSPS) is 12.7. The van der Waals surface area contributed by atoms with Crippen molar-refractivity contribution in [3.05, 3.63) is 46.8 Å². The lowest BCUT2D eigenvalue weighted by atomic mass is 10.0. The first-order valence-corrected chi connectivity index (χ1v) is 5.76. The number of benzene rings is 1. The van der Waals surface area contributed by atoms with Crippen LogP contribution < -0.4 is 0 Å². The molecule has 7 heteroatoms. The van der Waals surface area contributed by atoms with Gasteiger partial charge in [0, 0.05) is 15.8 Å². The number of hydrogen-bond acceptors (Lipinski definition) is 1. The summed E-state index contributed by atoms with van der Waals surface area (Å²) in [6.45, 7) is 0. The third kappa shape index (κ3) is 2.91. The highest BCUT2D eigenvalue weighted by atomic mass is 32.1. The summed E-state index contributed by atoms with van der Waals surface area (Å²) in [5.41, 5.74) is -2.67. The van der Waals surface area contributed by atoms with Gasteiger partial charge in [0.15, 0.2) is 0 Å². The van der Waals surface area contributed by atoms with E-state index in [1.165, 1.54) is 12.1 Å². The molecular weight excluding hydrogens is 290 g/mol. The Balaban J connectivity index is 2.65. The first kappa shape index (κ1) is 13.9. The van der Waals surface area contributed by atoms with Gasteiger partial charge in [-0.3, -0.25) is 0 Å². The Morgan fingerprint density at radius 2 is 1.58 bits per heavy atom. The zero-order valence-electron chi connectivity index (χ0n) is 9.06. The summed E-state index contributed by atoms with van der Waals surface area (Å²) in [5.74, 6) is 0. The molecule has 0 spiro atoms. The van der Waals surface area contributed by atoms with Gasteiger partial charge in [0.25, 0.3) is 0 Å². The Kier molecular flexibility index (Phi) is 3.34. The third-order valence-electron chi connectivity index (χ3n) is 2.39. The van der Waals surface area contributed by atoms with Crippen molar-refractivity contribution in [2.75, 3.05) is 0 Å². The molecule has 1 aromatic heterocycles. The standard InChI is InChI=1S/C12H5F6S/c13-11(14,15)7-3-4-9(12(16,17)18)8(6-7)10-2-1-5-19-10/h1-4,6H. The molecule has 101 valence electrons. The van der Waals surface area contributed by atoms with Crippen LogP contribution in [0.25, 0.3) is 10.4 Å². The van der Waals surface area contributed by atoms with E-state index in [4.69, 9.17) is 0 Å². The second kappa shape index (κ2) is 4.56. The van der Waals surface area contributed by atoms with Crippen LogP contribution in [0.3, 0.4) is 0 Å². The van der Waals surface area contributed by atoms with Crippen LogP contribution >= 0.6 is 11.3 Å². The van der Waals surface area contributed by atoms with Crippen LogP contribution in [0.5, 0.6) is 0 Å². The van der Waals surface area contributed by atoms with E-state index in [9.17, 15) is 26.3 Å². The number of alkyl halides is 6. The molecule has 0 unspecified atom stereocenters. The second-order valence-electron chi connectivity index (χ2n) is 3.67. The summed E-state index contributed by atoms with van der Waals surface area (Å²) in [5, 5.41) is 2.56. The number of halogens is 6. The molecule has 1 aromatic carbocycles. The molecule has 0 saturated carbocycles. The van der Waals surface area contributed by atoms with Crippen LogP contribution in [-0.4, -0.2) is 0 Å². The molecular formula is C12H5F6S. The molecule has 0 bridgehead atoms. The van der Waals surface area contributed by atoms with Crippen molar-refractivity contribution >= 4 is 11.3 Å². The Morgan fingerprint density at radius 1 is 0.895 bits per heavy atom. The van der Waals surface area contributed by atoms with Crippen molar-refractivity contribution < 1.29 is 26.3 Å². The van der Waals surface area contributed by atoms with Crippen molar-refractivity contribution in [1.29, 1.82) is 0 Å². The van der Waals surface area contributed by atoms with Gasteiger partial charge in [-0.25, -0.2) is 0 Å². The zero-order valence-corrected chi connectivity index (χ0v) is 9.88. The molecule has 0 atom stereocenters. The molecule has 0 aliphatic carbocycles. The van der Waals surface area contributed by atoms with Gasteiger partial charge >= 0.3 is 12.4 Å². The van der Waals surface area contributed by atoms with Crippen molar-refractivity contribution in [1.82, 2.24) is 0 Å². The first-order chi connectivity index (χ1) is 8.69. The second-order valence-corrected chi connectivity index (χ2v) is 4.55. The summed E-state index contributed by atoms with van der Waals surface area (Å²) in [7, 11) is 0. The summed E-state index contributed by atoms with van der Waals surface area (Å²) >= 11 is 0.833. The van der Waals surface area contributed by atoms with E-state index in [1.807, 2.05) is 0 Å². The fourth-order valence-corrected chi connectivity index (χ4v) is 2.24. The topological polar surface area (TPSA) is 0 Å². The van der Waals surface area contributed by atoms with Gasteiger partial charge in [-0.05, 0) is 30.3 Å². The van der Waals surface area contributed by atoms with Crippen LogP contribution in [0.2, 0.25) is 0 Å². The lowest BCUT2D eigenvalue weighted by molar-refractivity contribution is -0.141. The fourth-order valence-electron chi connectivity index (χ4n) is 1.56. The highest BCUT2D eigenvalue weighted by Crippen LogP contribution is 2.41. The number of rotatable bonds is 1. The average molecular weight is 295 g/mol. The molecule has 0 amide bonds. The van der Waals surface area contributed by atoms with Crippen molar-refractivity contribution in [3.63, 3.8) is 0 Å². The Labute approximate surface area is 108 Å². The monoisotopic (exact) mass is 295 g/mol. The van der Waals surface area contributed by atoms with Gasteiger partial charge in [-0.15, -0.1) is 11.3 Å². The Hall–Kier alpha value is -1.50. The number of hydrogen-bond donors (Lipinski definition) is 0. The smallest absolute Gasteiger partial charge is 0.166 e. The molecule has 2 rings (SSSR count). The minimum Gasteiger partial charge on any atom is -0.166 e. The molecule has 0 fully saturated rings. The predicted octanol–water partition coefficient (Wildman–Crippen LogP) is 5.25. The predicted molar refractivity (Wildman–Crippen MR) is 58.6 cm³/mol. The lowest BCUT2D eigenvalue weighted by Crippen LogP contribution is -2.10. The molecule has 0 N–H and O–H groups in total. The maximum absolute atomic E-state index is 12.8. The fraction of sp³-hybridized carbons (Fsp3) is 0.167. The van der Waals surface area contributed by atoms with Crippen LogP contribution in [-0.2, 0) is 12.4 Å². The molecule has 0 saturated heterocycles. The highest BCUT2D eigenvalue weighted by molar-refractivity contribution is 7.13. The zero-order chi connectivity index (χ0) is 14.3. The quantitative estimate of drug-likeness (QED) is 0.630. The SMILES string of the molecule is FC(F)(F)c1ccc(C(F)(F)F)c(-c2cc[c]s2)c1. The molecule has 19 heavy (non-hydrogen) atoms. The summed E-state index contributed by atoms with van der Waals surface area (Å²) in [6.07, 6.45) is -9.39. The number of thiophene rings is 1. The minimum absolute atomic E-state index is 0.0958. The molecule has 2 aromatic rings. The van der Waals surface area contributed by atoms with Crippen molar-refractivity contribution in [2.45, 2.75) is 12.4 Å². The van der Waals surface area contributed by atoms with Crippen LogP contribution in [0.15, 0.2) is 30.3 Å². The molecule has 0 aliphatic rings. The van der Waals surface area contributed by atoms with Crippen LogP contribution in [0.1, 0.15) is 11.1 Å². The first-order valence-electron chi connectivity index (χ1n) is 4.94. The molecule has 1 heterocycles. The minimum atomic E-state index is -4.70. The van der Waals surface area contributed by atoms with Gasteiger partial charge in [0.1, 0.15) is 0 Å². The van der Waals surface area contributed by atoms with Crippen molar-refractivity contribution in [3.8, 4) is 10.4 Å². The largest absolute Gasteiger partial charge is 0.417 e. The van der Waals surface area contributed by atoms with Gasteiger partial charge in [-0.1, -0.05) is 0 Å². The van der Waals surface area contributed by atoms with Crippen LogP contribution in [0, 0.1) is 5.38 Å². The van der Waals surface area contributed by atoms with E-state index < -0.39 is 29.0 Å². The van der Waals surface area contributed by atoms with Gasteiger partial charge in [0.05, 0.1) is 11.1 Å². The van der Waals surface area contributed by atoms with Gasteiger partial charge in [-0.2, -0.15) is 26.3 Å². The summed E-state index contributed by atoms with van der Waals surface area (Å²) in [6, 6.07) is 4.07. The van der Waals surface area contributed by atoms with E-state index >= 15 is 0 Å². The maximum atomic E-state index is 12.8. The van der Waals surface area contributed by atoms with Gasteiger partial charge in [0.2, 0.25) is 0 Å². The van der Waals surface area contributed by atoms with E-state index in [1.54, 1.807) is 0 Å².